The molecule has 2 nitrogen and oxygen atoms in total. The zero-order valence-electron chi connectivity index (χ0n) is 17.7. The normalized spacial score (nSPS) is 40.8. The van der Waals surface area contributed by atoms with Crippen molar-refractivity contribution in [3.8, 4) is 0 Å². The van der Waals surface area contributed by atoms with Gasteiger partial charge in [-0.15, -0.1) is 0 Å². The number of carbonyl (C=O) groups excluding carboxylic acids is 2. The van der Waals surface area contributed by atoms with Crippen molar-refractivity contribution in [1.82, 2.24) is 0 Å². The fourth-order valence-electron chi connectivity index (χ4n) is 7.41. The maximum absolute atomic E-state index is 12.8. The van der Waals surface area contributed by atoms with Gasteiger partial charge in [-0.1, -0.05) is 55.8 Å². The number of Topliss-reactive ketones (excluding diaryl/α,β-unsaturated/α-hetero) is 1. The molecule has 0 bridgehead atoms. The highest BCUT2D eigenvalue weighted by Crippen LogP contribution is 2.65. The highest BCUT2D eigenvalue weighted by Gasteiger charge is 2.60. The number of aryl methyl sites for hydroxylation is 1. The van der Waals surface area contributed by atoms with E-state index < -0.39 is 0 Å². The van der Waals surface area contributed by atoms with E-state index in [-0.39, 0.29) is 16.6 Å². The Morgan fingerprint density at radius 2 is 1.83 bits per heavy atom. The van der Waals surface area contributed by atoms with E-state index in [9.17, 15) is 9.59 Å². The second-order valence-corrected chi connectivity index (χ2v) is 10.4. The Labute approximate surface area is 174 Å². The van der Waals surface area contributed by atoms with Crippen LogP contribution in [0.1, 0.15) is 57.9 Å². The quantitative estimate of drug-likeness (QED) is 0.663. The molecule has 0 heterocycles. The molecule has 0 aliphatic heterocycles. The van der Waals surface area contributed by atoms with Crippen molar-refractivity contribution in [2.75, 3.05) is 0 Å². The van der Waals surface area contributed by atoms with Crippen molar-refractivity contribution < 1.29 is 9.59 Å². The van der Waals surface area contributed by atoms with E-state index in [0.29, 0.717) is 29.5 Å². The Morgan fingerprint density at radius 3 is 2.62 bits per heavy atom. The van der Waals surface area contributed by atoms with E-state index in [2.05, 4.69) is 50.3 Å². The minimum Gasteiger partial charge on any atom is -0.299 e. The molecule has 4 aliphatic carbocycles. The monoisotopic (exact) mass is 388 g/mol. The zero-order valence-corrected chi connectivity index (χ0v) is 17.7. The summed E-state index contributed by atoms with van der Waals surface area (Å²) in [5, 5.41) is 0. The lowest BCUT2D eigenvalue weighted by molar-refractivity contribution is -0.133. The Balaban J connectivity index is 1.50. The van der Waals surface area contributed by atoms with Crippen LogP contribution in [0.3, 0.4) is 0 Å². The predicted molar refractivity (Wildman–Crippen MR) is 115 cm³/mol. The van der Waals surface area contributed by atoms with Gasteiger partial charge in [0.1, 0.15) is 5.78 Å². The summed E-state index contributed by atoms with van der Waals surface area (Å²) in [7, 11) is 0. The van der Waals surface area contributed by atoms with E-state index in [4.69, 9.17) is 0 Å². The van der Waals surface area contributed by atoms with Crippen LogP contribution in [0.5, 0.6) is 0 Å². The first-order valence-electron chi connectivity index (χ1n) is 11.4. The molecule has 0 N–H and O–H groups in total. The summed E-state index contributed by atoms with van der Waals surface area (Å²) in [6.45, 7) is 4.61. The largest absolute Gasteiger partial charge is 0.299 e. The standard InChI is InChI=1S/C27H32O2/c1-26-14-12-21(28)17-20(26)16-19(9-8-18-6-4-3-5-7-18)25-22-10-11-24(29)27(22,2)15-13-23(25)26/h3-7,12,14,17,19,22-23,25H,8-11,13,15-16H2,1-2H3/t19-,22+,23+,25+,26+,27+/m1/s1. The number of ketones is 2. The number of benzene rings is 1. The van der Waals surface area contributed by atoms with Crippen LogP contribution in [-0.2, 0) is 16.0 Å². The molecule has 0 amide bonds. The topological polar surface area (TPSA) is 34.1 Å². The number of carbonyl (C=O) groups is 2. The third-order valence-corrected chi connectivity index (χ3v) is 9.09. The first-order chi connectivity index (χ1) is 13.9. The molecule has 4 aliphatic rings. The van der Waals surface area contributed by atoms with Gasteiger partial charge in [0, 0.05) is 17.3 Å². The molecule has 0 aromatic heterocycles. The summed E-state index contributed by atoms with van der Waals surface area (Å²) in [5.74, 6) is 2.87. The molecule has 0 spiro atoms. The Bertz CT molecular complexity index is 894. The summed E-state index contributed by atoms with van der Waals surface area (Å²) in [6, 6.07) is 10.8. The molecule has 0 saturated heterocycles. The zero-order chi connectivity index (χ0) is 20.2. The highest BCUT2D eigenvalue weighted by molar-refractivity contribution is 6.01. The van der Waals surface area contributed by atoms with Crippen LogP contribution in [0.4, 0.5) is 0 Å². The molecule has 6 atom stereocenters. The smallest absolute Gasteiger partial charge is 0.178 e. The fraction of sp³-hybridized carbons (Fsp3) is 0.556. The molecule has 0 unspecified atom stereocenters. The molecule has 3 saturated carbocycles. The average molecular weight is 389 g/mol. The molecule has 29 heavy (non-hydrogen) atoms. The summed E-state index contributed by atoms with van der Waals surface area (Å²) >= 11 is 0. The second-order valence-electron chi connectivity index (χ2n) is 10.4. The fourth-order valence-corrected chi connectivity index (χ4v) is 7.41. The summed E-state index contributed by atoms with van der Waals surface area (Å²) in [5.41, 5.74) is 2.62. The van der Waals surface area contributed by atoms with Crippen molar-refractivity contribution in [2.24, 2.45) is 34.5 Å². The van der Waals surface area contributed by atoms with Crippen LogP contribution < -0.4 is 0 Å². The van der Waals surface area contributed by atoms with Gasteiger partial charge < -0.3 is 0 Å². The van der Waals surface area contributed by atoms with Gasteiger partial charge >= 0.3 is 0 Å². The minimum absolute atomic E-state index is 0.00517. The summed E-state index contributed by atoms with van der Waals surface area (Å²) in [4.78, 5) is 25.0. The molecule has 2 heteroatoms. The summed E-state index contributed by atoms with van der Waals surface area (Å²) < 4.78 is 0. The number of rotatable bonds is 3. The van der Waals surface area contributed by atoms with Crippen LogP contribution >= 0.6 is 0 Å². The van der Waals surface area contributed by atoms with Crippen LogP contribution in [0, 0.1) is 34.5 Å². The molecule has 152 valence electrons. The van der Waals surface area contributed by atoms with Crippen LogP contribution in [-0.4, -0.2) is 11.6 Å². The van der Waals surface area contributed by atoms with Gasteiger partial charge in [-0.25, -0.2) is 0 Å². The minimum atomic E-state index is -0.113. The van der Waals surface area contributed by atoms with Gasteiger partial charge in [-0.05, 0) is 79.9 Å². The number of hydrogen-bond donors (Lipinski definition) is 0. The van der Waals surface area contributed by atoms with Gasteiger partial charge in [0.05, 0.1) is 0 Å². The lowest BCUT2D eigenvalue weighted by Gasteiger charge is -2.58. The van der Waals surface area contributed by atoms with Crippen molar-refractivity contribution in [3.63, 3.8) is 0 Å². The van der Waals surface area contributed by atoms with Crippen LogP contribution in [0.25, 0.3) is 0 Å². The van der Waals surface area contributed by atoms with E-state index in [0.717, 1.165) is 44.9 Å². The SMILES string of the molecule is C[C@]12C=CC(=O)C=C1C[C@@H](CCc1ccccc1)[C@@H]1[C@@H]2CC[C@]2(C)C(=O)CC[C@@H]12. The van der Waals surface area contributed by atoms with Crippen molar-refractivity contribution >= 4 is 11.6 Å². The third kappa shape index (κ3) is 2.90. The molecule has 1 aromatic rings. The van der Waals surface area contributed by atoms with Crippen molar-refractivity contribution in [1.29, 1.82) is 0 Å². The lowest BCUT2D eigenvalue weighted by atomic mass is 9.45. The highest BCUT2D eigenvalue weighted by atomic mass is 16.1. The van der Waals surface area contributed by atoms with E-state index in [1.54, 1.807) is 6.08 Å². The lowest BCUT2D eigenvalue weighted by Crippen LogP contribution is -2.53. The van der Waals surface area contributed by atoms with Crippen LogP contribution in [0.2, 0.25) is 0 Å². The maximum atomic E-state index is 12.8. The number of hydrogen-bond acceptors (Lipinski definition) is 2. The average Bonchev–Trinajstić information content (AvgIpc) is 3.02. The van der Waals surface area contributed by atoms with E-state index in [1.807, 2.05) is 6.08 Å². The number of allylic oxidation sites excluding steroid dienone is 4. The molecular formula is C27H32O2. The van der Waals surface area contributed by atoms with Crippen molar-refractivity contribution in [3.05, 3.63) is 59.7 Å². The first-order valence-corrected chi connectivity index (χ1v) is 11.4. The van der Waals surface area contributed by atoms with E-state index >= 15 is 0 Å². The van der Waals surface area contributed by atoms with Gasteiger partial charge in [0.25, 0.3) is 0 Å². The Kier molecular flexibility index (Phi) is 4.46. The number of fused-ring (bicyclic) bond motifs is 5. The van der Waals surface area contributed by atoms with Crippen molar-refractivity contribution in [2.45, 2.75) is 58.8 Å². The Hall–Kier alpha value is -1.96. The van der Waals surface area contributed by atoms with Crippen LogP contribution in [0.15, 0.2) is 54.1 Å². The van der Waals surface area contributed by atoms with Gasteiger partial charge in [0.15, 0.2) is 5.78 Å². The molecular weight excluding hydrogens is 356 g/mol. The third-order valence-electron chi connectivity index (χ3n) is 9.09. The molecule has 1 aromatic carbocycles. The predicted octanol–water partition coefficient (Wildman–Crippen LogP) is 5.72. The summed E-state index contributed by atoms with van der Waals surface area (Å²) in [6.07, 6.45) is 13.1. The second kappa shape index (κ2) is 6.79. The maximum Gasteiger partial charge on any atom is 0.178 e. The molecule has 3 fully saturated rings. The van der Waals surface area contributed by atoms with Gasteiger partial charge in [0.2, 0.25) is 0 Å². The van der Waals surface area contributed by atoms with Gasteiger partial charge in [-0.3, -0.25) is 9.59 Å². The first kappa shape index (κ1) is 19.0. The Morgan fingerprint density at radius 1 is 1.03 bits per heavy atom. The molecule has 0 radical (unpaired) electrons. The van der Waals surface area contributed by atoms with E-state index in [1.165, 1.54) is 11.1 Å². The van der Waals surface area contributed by atoms with Gasteiger partial charge in [-0.2, -0.15) is 0 Å². The molecule has 5 rings (SSSR count).